The third-order valence-corrected chi connectivity index (χ3v) is 5.51. The van der Waals surface area contributed by atoms with E-state index in [2.05, 4.69) is 5.10 Å². The molecule has 2 heterocycles. The summed E-state index contributed by atoms with van der Waals surface area (Å²) in [5.74, 6) is 0. The fourth-order valence-corrected chi connectivity index (χ4v) is 3.76. The molecule has 0 saturated carbocycles. The number of aryl methyl sites for hydroxylation is 1. The molecule has 0 bridgehead atoms. The summed E-state index contributed by atoms with van der Waals surface area (Å²) in [7, 11) is 1.90. The van der Waals surface area contributed by atoms with E-state index < -0.39 is 0 Å². The van der Waals surface area contributed by atoms with Crippen molar-refractivity contribution in [2.24, 2.45) is 0 Å². The minimum Gasteiger partial charge on any atom is -0.367 e. The Kier molecular flexibility index (Phi) is 5.42. The lowest BCUT2D eigenvalue weighted by Crippen LogP contribution is -2.26. The van der Waals surface area contributed by atoms with Gasteiger partial charge in [0.25, 0.3) is 5.56 Å². The third kappa shape index (κ3) is 3.62. The number of halogens is 1. The first kappa shape index (κ1) is 19.9. The number of anilines is 1. The topological polar surface area (TPSA) is 56.0 Å². The molecular weight excluding hydrogens is 398 g/mol. The summed E-state index contributed by atoms with van der Waals surface area (Å²) in [4.78, 5) is 14.7. The van der Waals surface area contributed by atoms with Gasteiger partial charge in [-0.25, -0.2) is 4.68 Å². The van der Waals surface area contributed by atoms with Crippen molar-refractivity contribution in [2.45, 2.75) is 20.4 Å². The SMILES string of the molecule is Cc1nn(-c2ccccc2)c(C)c1CN(C)c1cnn(-c2ccccc2)c(=O)c1Cl. The van der Waals surface area contributed by atoms with Gasteiger partial charge < -0.3 is 4.90 Å². The van der Waals surface area contributed by atoms with Crippen LogP contribution in [0, 0.1) is 13.8 Å². The molecule has 0 unspecified atom stereocenters. The van der Waals surface area contributed by atoms with E-state index in [4.69, 9.17) is 16.7 Å². The number of nitrogens with zero attached hydrogens (tertiary/aromatic N) is 5. The first-order chi connectivity index (χ1) is 14.5. The highest BCUT2D eigenvalue weighted by Gasteiger charge is 2.18. The van der Waals surface area contributed by atoms with E-state index in [1.807, 2.05) is 91.1 Å². The van der Waals surface area contributed by atoms with Gasteiger partial charge in [0, 0.05) is 24.8 Å². The molecule has 0 spiro atoms. The summed E-state index contributed by atoms with van der Waals surface area (Å²) >= 11 is 6.45. The van der Waals surface area contributed by atoms with Gasteiger partial charge in [-0.1, -0.05) is 48.0 Å². The van der Waals surface area contributed by atoms with Gasteiger partial charge >= 0.3 is 0 Å². The predicted octanol–water partition coefficient (Wildman–Crippen LogP) is 4.32. The van der Waals surface area contributed by atoms with Crippen LogP contribution in [-0.4, -0.2) is 26.6 Å². The van der Waals surface area contributed by atoms with Crippen LogP contribution in [0.3, 0.4) is 0 Å². The first-order valence-electron chi connectivity index (χ1n) is 9.62. The van der Waals surface area contributed by atoms with E-state index in [1.54, 1.807) is 6.20 Å². The highest BCUT2D eigenvalue weighted by atomic mass is 35.5. The smallest absolute Gasteiger partial charge is 0.292 e. The molecule has 6 nitrogen and oxygen atoms in total. The van der Waals surface area contributed by atoms with Crippen LogP contribution in [0.15, 0.2) is 71.7 Å². The number of rotatable bonds is 5. The van der Waals surface area contributed by atoms with E-state index in [0.717, 1.165) is 22.6 Å². The Morgan fingerprint density at radius 3 is 2.10 bits per heavy atom. The standard InChI is InChI=1S/C23H22ClN5O/c1-16-20(17(2)28(26-16)18-10-6-4-7-11-18)15-27(3)21-14-25-29(23(30)22(21)24)19-12-8-5-9-13-19/h4-14H,15H2,1-3H3. The van der Waals surface area contributed by atoms with Crippen LogP contribution in [0.4, 0.5) is 5.69 Å². The van der Waals surface area contributed by atoms with Gasteiger partial charge in [-0.05, 0) is 38.1 Å². The molecule has 0 aliphatic carbocycles. The molecule has 0 aliphatic heterocycles. The van der Waals surface area contributed by atoms with Crippen molar-refractivity contribution >= 4 is 17.3 Å². The van der Waals surface area contributed by atoms with Crippen molar-refractivity contribution in [3.05, 3.63) is 99.2 Å². The average molecular weight is 420 g/mol. The van der Waals surface area contributed by atoms with Crippen molar-refractivity contribution in [1.82, 2.24) is 19.6 Å². The van der Waals surface area contributed by atoms with Crippen molar-refractivity contribution in [1.29, 1.82) is 0 Å². The number of hydrogen-bond acceptors (Lipinski definition) is 4. The molecule has 0 N–H and O–H groups in total. The molecule has 30 heavy (non-hydrogen) atoms. The van der Waals surface area contributed by atoms with Crippen LogP contribution >= 0.6 is 11.6 Å². The van der Waals surface area contributed by atoms with Gasteiger partial charge in [-0.2, -0.15) is 14.9 Å². The second-order valence-corrected chi connectivity index (χ2v) is 7.53. The van der Waals surface area contributed by atoms with E-state index in [9.17, 15) is 4.79 Å². The van der Waals surface area contributed by atoms with E-state index >= 15 is 0 Å². The Morgan fingerprint density at radius 2 is 1.50 bits per heavy atom. The maximum absolute atomic E-state index is 12.8. The minimum atomic E-state index is -0.347. The summed E-state index contributed by atoms with van der Waals surface area (Å²) in [5, 5.41) is 9.16. The van der Waals surface area contributed by atoms with Gasteiger partial charge in [0.2, 0.25) is 0 Å². The van der Waals surface area contributed by atoms with Crippen molar-refractivity contribution < 1.29 is 0 Å². The Labute approximate surface area is 180 Å². The molecule has 2 aromatic heterocycles. The molecule has 4 rings (SSSR count). The average Bonchev–Trinajstić information content (AvgIpc) is 3.05. The van der Waals surface area contributed by atoms with Gasteiger partial charge in [-0.15, -0.1) is 0 Å². The maximum atomic E-state index is 12.8. The molecule has 0 amide bonds. The van der Waals surface area contributed by atoms with Crippen LogP contribution in [-0.2, 0) is 6.54 Å². The van der Waals surface area contributed by atoms with Crippen molar-refractivity contribution in [2.75, 3.05) is 11.9 Å². The minimum absolute atomic E-state index is 0.141. The molecular formula is C23H22ClN5O. The zero-order chi connectivity index (χ0) is 21.3. The summed E-state index contributed by atoms with van der Waals surface area (Å²) < 4.78 is 3.25. The zero-order valence-electron chi connectivity index (χ0n) is 17.1. The fourth-order valence-electron chi connectivity index (χ4n) is 3.49. The lowest BCUT2D eigenvalue weighted by molar-refractivity contribution is 0.793. The van der Waals surface area contributed by atoms with Gasteiger partial charge in [0.1, 0.15) is 5.02 Å². The number of para-hydroxylation sites is 2. The monoisotopic (exact) mass is 419 g/mol. The number of benzene rings is 2. The number of aromatic nitrogens is 4. The molecule has 0 saturated heterocycles. The first-order valence-corrected chi connectivity index (χ1v) is 10.00. The molecule has 0 aliphatic rings. The molecule has 2 aromatic carbocycles. The maximum Gasteiger partial charge on any atom is 0.292 e. The van der Waals surface area contributed by atoms with Gasteiger partial charge in [0.05, 0.1) is 29.0 Å². The third-order valence-electron chi connectivity index (χ3n) is 5.15. The van der Waals surface area contributed by atoms with E-state index in [0.29, 0.717) is 17.9 Å². The number of hydrogen-bond donors (Lipinski definition) is 0. The van der Waals surface area contributed by atoms with E-state index in [1.165, 1.54) is 4.68 Å². The van der Waals surface area contributed by atoms with Gasteiger partial charge in [-0.3, -0.25) is 4.79 Å². The summed E-state index contributed by atoms with van der Waals surface area (Å²) in [6, 6.07) is 19.2. The molecule has 4 aromatic rings. The van der Waals surface area contributed by atoms with Crippen LogP contribution < -0.4 is 10.5 Å². The Morgan fingerprint density at radius 1 is 0.933 bits per heavy atom. The second kappa shape index (κ2) is 8.16. The quantitative estimate of drug-likeness (QED) is 0.483. The lowest BCUT2D eigenvalue weighted by atomic mass is 10.2. The molecule has 0 radical (unpaired) electrons. The summed E-state index contributed by atoms with van der Waals surface area (Å²) in [5.41, 5.74) is 4.99. The Hall–Kier alpha value is -3.38. The van der Waals surface area contributed by atoms with Crippen LogP contribution in [0.1, 0.15) is 17.0 Å². The molecule has 0 atom stereocenters. The fraction of sp³-hybridized carbons (Fsp3) is 0.174. The highest BCUT2D eigenvalue weighted by molar-refractivity contribution is 6.33. The Balaban J connectivity index is 1.65. The van der Waals surface area contributed by atoms with Crippen LogP contribution in [0.2, 0.25) is 5.02 Å². The predicted molar refractivity (Wildman–Crippen MR) is 120 cm³/mol. The van der Waals surface area contributed by atoms with Crippen LogP contribution in [0.25, 0.3) is 11.4 Å². The largest absolute Gasteiger partial charge is 0.367 e. The highest BCUT2D eigenvalue weighted by Crippen LogP contribution is 2.25. The van der Waals surface area contributed by atoms with E-state index in [-0.39, 0.29) is 10.6 Å². The molecule has 152 valence electrons. The lowest BCUT2D eigenvalue weighted by Gasteiger charge is -2.21. The second-order valence-electron chi connectivity index (χ2n) is 7.15. The summed E-state index contributed by atoms with van der Waals surface area (Å²) in [6.07, 6.45) is 1.63. The van der Waals surface area contributed by atoms with Crippen molar-refractivity contribution in [3.63, 3.8) is 0 Å². The Bertz CT molecular complexity index is 1230. The van der Waals surface area contributed by atoms with Crippen molar-refractivity contribution in [3.8, 4) is 11.4 Å². The van der Waals surface area contributed by atoms with Gasteiger partial charge in [0.15, 0.2) is 0 Å². The van der Waals surface area contributed by atoms with Crippen LogP contribution in [0.5, 0.6) is 0 Å². The summed E-state index contributed by atoms with van der Waals surface area (Å²) in [6.45, 7) is 4.59. The molecule has 7 heteroatoms. The normalized spacial score (nSPS) is 10.9. The molecule has 0 fully saturated rings. The zero-order valence-corrected chi connectivity index (χ0v) is 17.8.